The number of hydrogen-bond acceptors (Lipinski definition) is 2. The van der Waals surface area contributed by atoms with Crippen LogP contribution in [0.5, 0.6) is 0 Å². The number of alkyl halides is 3. The molecule has 1 saturated heterocycles. The molecule has 6 heteroatoms. The smallest absolute Gasteiger partial charge is 0.288 e. The zero-order valence-corrected chi connectivity index (χ0v) is 14.4. The molecule has 134 valence electrons. The highest BCUT2D eigenvalue weighted by Gasteiger charge is 2.47. The fraction of sp³-hybridized carbons (Fsp3) is 0.421. The molecule has 0 bridgehead atoms. The Hall–Kier alpha value is -2.08. The van der Waals surface area contributed by atoms with Gasteiger partial charge in [0.15, 0.2) is 6.04 Å². The van der Waals surface area contributed by atoms with Gasteiger partial charge in [0.1, 0.15) is 0 Å². The summed E-state index contributed by atoms with van der Waals surface area (Å²) in [7, 11) is 0. The van der Waals surface area contributed by atoms with Crippen LogP contribution >= 0.6 is 0 Å². The summed E-state index contributed by atoms with van der Waals surface area (Å²) in [6.45, 7) is 6.24. The second-order valence-corrected chi connectivity index (χ2v) is 7.46. The summed E-state index contributed by atoms with van der Waals surface area (Å²) >= 11 is 0. The molecule has 25 heavy (non-hydrogen) atoms. The highest BCUT2D eigenvalue weighted by Crippen LogP contribution is 2.41. The second kappa shape index (κ2) is 6.02. The number of amides is 1. The predicted molar refractivity (Wildman–Crippen MR) is 90.9 cm³/mol. The van der Waals surface area contributed by atoms with Crippen LogP contribution in [0.25, 0.3) is 10.8 Å². The number of hydrogen-bond donors (Lipinski definition) is 1. The Bertz CT molecular complexity index is 808. The third-order valence-corrected chi connectivity index (χ3v) is 4.54. The molecule has 1 amide bonds. The van der Waals surface area contributed by atoms with Gasteiger partial charge >= 0.3 is 6.18 Å². The van der Waals surface area contributed by atoms with Crippen molar-refractivity contribution in [3.63, 3.8) is 0 Å². The molecule has 1 atom stereocenters. The Kier molecular flexibility index (Phi) is 4.27. The van der Waals surface area contributed by atoms with Gasteiger partial charge in [-0.25, -0.2) is 5.01 Å². The van der Waals surface area contributed by atoms with Crippen LogP contribution in [-0.2, 0) is 10.2 Å². The lowest BCUT2D eigenvalue weighted by atomic mass is 9.85. The van der Waals surface area contributed by atoms with Crippen LogP contribution in [-0.4, -0.2) is 23.6 Å². The topological polar surface area (TPSA) is 32.3 Å². The Morgan fingerprint density at radius 3 is 2.40 bits per heavy atom. The van der Waals surface area contributed by atoms with E-state index in [2.05, 4.69) is 26.2 Å². The molecule has 0 saturated carbocycles. The van der Waals surface area contributed by atoms with E-state index in [1.54, 1.807) is 12.1 Å². The predicted octanol–water partition coefficient (Wildman–Crippen LogP) is 4.48. The monoisotopic (exact) mass is 350 g/mol. The van der Waals surface area contributed by atoms with E-state index in [1.165, 1.54) is 6.07 Å². The largest absolute Gasteiger partial charge is 0.409 e. The van der Waals surface area contributed by atoms with Gasteiger partial charge in [-0.1, -0.05) is 57.2 Å². The highest BCUT2D eigenvalue weighted by atomic mass is 19.4. The number of nitrogens with zero attached hydrogens (tertiary/aromatic N) is 1. The molecule has 3 nitrogen and oxygen atoms in total. The van der Waals surface area contributed by atoms with Gasteiger partial charge in [0.05, 0.1) is 0 Å². The maximum absolute atomic E-state index is 13.8. The van der Waals surface area contributed by atoms with Crippen LogP contribution in [0.15, 0.2) is 36.4 Å². The molecular weight excluding hydrogens is 329 g/mol. The van der Waals surface area contributed by atoms with Crippen molar-refractivity contribution >= 4 is 16.7 Å². The molecule has 1 aliphatic heterocycles. The summed E-state index contributed by atoms with van der Waals surface area (Å²) in [6, 6.07) is 8.66. The standard InChI is InChI=1S/C19H21F3N2O/c1-18(2,3)13-7-8-14-12(11-13)5-4-6-15(14)17(19(20,21)22)24-10-9-16(25)23-24/h4-8,11,17H,9-10H2,1-3H3,(H,23,25). The quantitative estimate of drug-likeness (QED) is 0.866. The molecule has 0 radical (unpaired) electrons. The van der Waals surface area contributed by atoms with E-state index >= 15 is 0 Å². The van der Waals surface area contributed by atoms with Crippen LogP contribution in [0.2, 0.25) is 0 Å². The SMILES string of the molecule is CC(C)(C)c1ccc2c(C(N3CCC(=O)N3)C(F)(F)F)cccc2c1. The lowest BCUT2D eigenvalue weighted by Gasteiger charge is -2.30. The number of hydrazine groups is 1. The van der Waals surface area contributed by atoms with Gasteiger partial charge in [-0.3, -0.25) is 10.2 Å². The maximum Gasteiger partial charge on any atom is 0.409 e. The van der Waals surface area contributed by atoms with Gasteiger partial charge < -0.3 is 0 Å². The lowest BCUT2D eigenvalue weighted by Crippen LogP contribution is -2.43. The first-order valence-corrected chi connectivity index (χ1v) is 8.23. The first-order valence-electron chi connectivity index (χ1n) is 8.23. The van der Waals surface area contributed by atoms with E-state index < -0.39 is 12.2 Å². The summed E-state index contributed by atoms with van der Waals surface area (Å²) in [5.41, 5.74) is 3.47. The first-order chi connectivity index (χ1) is 11.6. The molecule has 1 fully saturated rings. The van der Waals surface area contributed by atoms with E-state index in [4.69, 9.17) is 0 Å². The number of carbonyl (C=O) groups excluding carboxylic acids is 1. The molecule has 0 aliphatic carbocycles. The minimum atomic E-state index is -4.49. The summed E-state index contributed by atoms with van der Waals surface area (Å²) in [5, 5.41) is 2.32. The number of fused-ring (bicyclic) bond motifs is 1. The van der Waals surface area contributed by atoms with Crippen molar-refractivity contribution < 1.29 is 18.0 Å². The first kappa shape index (κ1) is 17.7. The Balaban J connectivity index is 2.13. The summed E-state index contributed by atoms with van der Waals surface area (Å²) in [6.07, 6.45) is -4.42. The minimum absolute atomic E-state index is 0.0411. The highest BCUT2D eigenvalue weighted by molar-refractivity contribution is 5.87. The average molecular weight is 350 g/mol. The fourth-order valence-corrected chi connectivity index (χ4v) is 3.22. The zero-order valence-electron chi connectivity index (χ0n) is 14.4. The molecule has 0 aromatic heterocycles. The normalized spacial score (nSPS) is 17.8. The van der Waals surface area contributed by atoms with Gasteiger partial charge in [-0.05, 0) is 27.3 Å². The van der Waals surface area contributed by atoms with E-state index in [0.717, 1.165) is 16.0 Å². The number of benzene rings is 2. The Morgan fingerprint density at radius 1 is 1.12 bits per heavy atom. The van der Waals surface area contributed by atoms with Gasteiger partial charge in [-0.2, -0.15) is 13.2 Å². The molecule has 2 aromatic rings. The van der Waals surface area contributed by atoms with Crippen LogP contribution in [0.4, 0.5) is 13.2 Å². The number of nitrogens with one attached hydrogen (secondary N) is 1. The Labute approximate surface area is 144 Å². The Morgan fingerprint density at radius 2 is 1.84 bits per heavy atom. The zero-order chi connectivity index (χ0) is 18.4. The summed E-state index contributed by atoms with van der Waals surface area (Å²) in [5.74, 6) is -0.385. The minimum Gasteiger partial charge on any atom is -0.288 e. The van der Waals surface area contributed by atoms with Crippen molar-refractivity contribution in [1.29, 1.82) is 0 Å². The van der Waals surface area contributed by atoms with Crippen LogP contribution in [0.1, 0.15) is 44.4 Å². The van der Waals surface area contributed by atoms with Gasteiger partial charge in [0, 0.05) is 13.0 Å². The third-order valence-electron chi connectivity index (χ3n) is 4.54. The van der Waals surface area contributed by atoms with Crippen molar-refractivity contribution in [2.45, 2.75) is 44.8 Å². The van der Waals surface area contributed by atoms with Crippen molar-refractivity contribution in [2.24, 2.45) is 0 Å². The number of halogens is 3. The summed E-state index contributed by atoms with van der Waals surface area (Å²) < 4.78 is 41.4. The number of carbonyl (C=O) groups is 1. The van der Waals surface area contributed by atoms with Crippen molar-refractivity contribution in [3.05, 3.63) is 47.5 Å². The van der Waals surface area contributed by atoms with E-state index in [9.17, 15) is 18.0 Å². The van der Waals surface area contributed by atoms with Gasteiger partial charge in [-0.15, -0.1) is 0 Å². The van der Waals surface area contributed by atoms with Crippen molar-refractivity contribution in [2.75, 3.05) is 6.54 Å². The third kappa shape index (κ3) is 3.49. The molecule has 1 unspecified atom stereocenters. The fourth-order valence-electron chi connectivity index (χ4n) is 3.22. The van der Waals surface area contributed by atoms with Crippen LogP contribution in [0, 0.1) is 0 Å². The molecule has 1 aliphatic rings. The van der Waals surface area contributed by atoms with Gasteiger partial charge in [0.2, 0.25) is 5.91 Å². The van der Waals surface area contributed by atoms with Gasteiger partial charge in [0.25, 0.3) is 0 Å². The molecular formula is C19H21F3N2O. The van der Waals surface area contributed by atoms with Crippen LogP contribution in [0.3, 0.4) is 0 Å². The van der Waals surface area contributed by atoms with E-state index in [1.807, 2.05) is 18.2 Å². The van der Waals surface area contributed by atoms with E-state index in [-0.39, 0.29) is 29.9 Å². The van der Waals surface area contributed by atoms with Crippen molar-refractivity contribution in [1.82, 2.24) is 10.4 Å². The maximum atomic E-state index is 13.8. The van der Waals surface area contributed by atoms with E-state index in [0.29, 0.717) is 5.39 Å². The van der Waals surface area contributed by atoms with Crippen LogP contribution < -0.4 is 5.43 Å². The second-order valence-electron chi connectivity index (χ2n) is 7.46. The molecule has 2 aromatic carbocycles. The lowest BCUT2D eigenvalue weighted by molar-refractivity contribution is -0.190. The summed E-state index contributed by atoms with van der Waals surface area (Å²) in [4.78, 5) is 11.4. The molecule has 1 heterocycles. The molecule has 3 rings (SSSR count). The number of rotatable bonds is 2. The molecule has 0 spiro atoms. The average Bonchev–Trinajstić information content (AvgIpc) is 2.91. The molecule has 1 N–H and O–H groups in total. The van der Waals surface area contributed by atoms with Crippen molar-refractivity contribution in [3.8, 4) is 0 Å².